The Morgan fingerprint density at radius 1 is 1.46 bits per heavy atom. The van der Waals surface area contributed by atoms with E-state index in [1.807, 2.05) is 18.2 Å². The standard InChI is InChI=1S/C18H21NO5/c1-23-12-24-11-18(10-20)9-15(18)4-2-13-3-5-16-14(8-13)6-7-19(16)17(21)22/h2-8,15,20H,9-12H2,1H3,(H,21,22)/b4-2+. The number of allylic oxidation sites excluding steroid dienone is 1. The molecule has 6 heteroatoms. The van der Waals surface area contributed by atoms with Crippen molar-refractivity contribution in [2.45, 2.75) is 6.42 Å². The molecule has 0 aliphatic heterocycles. The average Bonchev–Trinajstić information content (AvgIpc) is 3.10. The van der Waals surface area contributed by atoms with E-state index >= 15 is 0 Å². The van der Waals surface area contributed by atoms with Gasteiger partial charge in [-0.1, -0.05) is 18.2 Å². The molecule has 2 unspecified atom stereocenters. The second kappa shape index (κ2) is 6.76. The predicted molar refractivity (Wildman–Crippen MR) is 89.8 cm³/mol. The van der Waals surface area contributed by atoms with Crippen LogP contribution in [-0.4, -0.2) is 48.0 Å². The molecule has 1 aliphatic carbocycles. The van der Waals surface area contributed by atoms with E-state index < -0.39 is 6.09 Å². The summed E-state index contributed by atoms with van der Waals surface area (Å²) in [6.45, 7) is 0.800. The zero-order valence-electron chi connectivity index (χ0n) is 13.5. The Kier molecular flexibility index (Phi) is 4.71. The molecular weight excluding hydrogens is 310 g/mol. The molecule has 1 aromatic heterocycles. The van der Waals surface area contributed by atoms with Crippen molar-refractivity contribution in [3.8, 4) is 0 Å². The molecule has 1 aromatic carbocycles. The second-order valence-corrected chi connectivity index (χ2v) is 6.23. The van der Waals surface area contributed by atoms with E-state index in [9.17, 15) is 9.90 Å². The van der Waals surface area contributed by atoms with Crippen molar-refractivity contribution in [3.05, 3.63) is 42.1 Å². The van der Waals surface area contributed by atoms with Crippen LogP contribution in [0.5, 0.6) is 0 Å². The number of carboxylic acid groups (broad SMARTS) is 1. The lowest BCUT2D eigenvalue weighted by Crippen LogP contribution is -2.18. The van der Waals surface area contributed by atoms with Crippen molar-refractivity contribution < 1.29 is 24.5 Å². The van der Waals surface area contributed by atoms with E-state index in [-0.39, 0.29) is 24.7 Å². The first-order chi connectivity index (χ1) is 11.6. The van der Waals surface area contributed by atoms with Gasteiger partial charge in [-0.3, -0.25) is 4.57 Å². The van der Waals surface area contributed by atoms with Gasteiger partial charge in [-0.15, -0.1) is 0 Å². The van der Waals surface area contributed by atoms with Crippen LogP contribution >= 0.6 is 0 Å². The van der Waals surface area contributed by atoms with Crippen molar-refractivity contribution in [1.82, 2.24) is 4.57 Å². The molecule has 0 radical (unpaired) electrons. The number of aliphatic hydroxyl groups is 1. The van der Waals surface area contributed by atoms with E-state index in [0.717, 1.165) is 17.4 Å². The minimum atomic E-state index is -0.991. The summed E-state index contributed by atoms with van der Waals surface area (Å²) in [5.41, 5.74) is 1.47. The number of fused-ring (bicyclic) bond motifs is 1. The largest absolute Gasteiger partial charge is 0.464 e. The molecular formula is C18H21NO5. The van der Waals surface area contributed by atoms with E-state index in [1.54, 1.807) is 25.4 Å². The lowest BCUT2D eigenvalue weighted by molar-refractivity contribution is -0.0557. The van der Waals surface area contributed by atoms with Crippen LogP contribution in [0.3, 0.4) is 0 Å². The van der Waals surface area contributed by atoms with E-state index in [0.29, 0.717) is 12.1 Å². The number of hydrogen-bond donors (Lipinski definition) is 2. The molecule has 1 saturated carbocycles. The maximum Gasteiger partial charge on any atom is 0.415 e. The van der Waals surface area contributed by atoms with Crippen molar-refractivity contribution in [1.29, 1.82) is 0 Å². The van der Waals surface area contributed by atoms with Gasteiger partial charge < -0.3 is 19.7 Å². The van der Waals surface area contributed by atoms with Gasteiger partial charge in [0, 0.05) is 24.1 Å². The van der Waals surface area contributed by atoms with E-state index in [1.165, 1.54) is 4.57 Å². The Balaban J connectivity index is 1.69. The average molecular weight is 331 g/mol. The number of nitrogens with zero attached hydrogens (tertiary/aromatic N) is 1. The quantitative estimate of drug-likeness (QED) is 0.602. The highest BCUT2D eigenvalue weighted by Crippen LogP contribution is 2.53. The highest BCUT2D eigenvalue weighted by Gasteiger charge is 2.52. The summed E-state index contributed by atoms with van der Waals surface area (Å²) < 4.78 is 11.5. The fraction of sp³-hybridized carbons (Fsp3) is 0.389. The minimum absolute atomic E-state index is 0.0895. The zero-order chi connectivity index (χ0) is 17.2. The third-order valence-corrected chi connectivity index (χ3v) is 4.60. The van der Waals surface area contributed by atoms with Gasteiger partial charge in [0.1, 0.15) is 6.79 Å². The third kappa shape index (κ3) is 3.21. The number of ether oxygens (including phenoxy) is 2. The zero-order valence-corrected chi connectivity index (χ0v) is 13.5. The summed E-state index contributed by atoms with van der Waals surface area (Å²) in [6, 6.07) is 7.43. The molecule has 2 aromatic rings. The number of hydrogen-bond acceptors (Lipinski definition) is 4. The topological polar surface area (TPSA) is 80.9 Å². The molecule has 0 amide bonds. The Labute approximate surface area is 139 Å². The smallest absolute Gasteiger partial charge is 0.415 e. The van der Waals surface area contributed by atoms with Crippen molar-refractivity contribution in [2.75, 3.05) is 27.1 Å². The lowest BCUT2D eigenvalue weighted by atomic mass is 10.1. The van der Waals surface area contributed by atoms with Crippen LogP contribution in [0.25, 0.3) is 17.0 Å². The molecule has 128 valence electrons. The predicted octanol–water partition coefficient (Wildman–Crippen LogP) is 2.80. The third-order valence-electron chi connectivity index (χ3n) is 4.60. The van der Waals surface area contributed by atoms with Crippen LogP contribution in [0.1, 0.15) is 12.0 Å². The molecule has 2 N–H and O–H groups in total. The molecule has 3 rings (SSSR count). The maximum atomic E-state index is 11.1. The minimum Gasteiger partial charge on any atom is -0.464 e. The number of methoxy groups -OCH3 is 1. The van der Waals surface area contributed by atoms with Gasteiger partial charge >= 0.3 is 6.09 Å². The van der Waals surface area contributed by atoms with Gasteiger partial charge in [-0.05, 0) is 36.1 Å². The first-order valence-corrected chi connectivity index (χ1v) is 7.80. The first-order valence-electron chi connectivity index (χ1n) is 7.80. The molecule has 0 spiro atoms. The van der Waals surface area contributed by atoms with Crippen LogP contribution < -0.4 is 0 Å². The number of rotatable bonds is 7. The molecule has 0 saturated heterocycles. The SMILES string of the molecule is COCOCC1(CO)CC1/C=C/c1ccc2c(ccn2C(=O)O)c1. The van der Waals surface area contributed by atoms with Gasteiger partial charge in [-0.25, -0.2) is 4.79 Å². The monoisotopic (exact) mass is 331 g/mol. The van der Waals surface area contributed by atoms with Crippen LogP contribution in [0.15, 0.2) is 36.5 Å². The van der Waals surface area contributed by atoms with Gasteiger partial charge in [-0.2, -0.15) is 0 Å². The van der Waals surface area contributed by atoms with Crippen molar-refractivity contribution >= 4 is 23.1 Å². The first kappa shape index (κ1) is 16.7. The molecule has 1 aliphatic rings. The Morgan fingerprint density at radius 3 is 3.00 bits per heavy atom. The normalized spacial score (nSPS) is 23.2. The number of aliphatic hydroxyl groups excluding tert-OH is 1. The molecule has 1 heterocycles. The molecule has 6 nitrogen and oxygen atoms in total. The van der Waals surface area contributed by atoms with Gasteiger partial charge in [0.05, 0.1) is 18.7 Å². The highest BCUT2D eigenvalue weighted by atomic mass is 16.7. The summed E-state index contributed by atoms with van der Waals surface area (Å²) in [5.74, 6) is 0.277. The molecule has 24 heavy (non-hydrogen) atoms. The van der Waals surface area contributed by atoms with E-state index in [2.05, 4.69) is 6.08 Å². The van der Waals surface area contributed by atoms with Crippen LogP contribution in [0.2, 0.25) is 0 Å². The van der Waals surface area contributed by atoms with Gasteiger partial charge in [0.25, 0.3) is 0 Å². The Hall–Kier alpha value is -2.15. The fourth-order valence-corrected chi connectivity index (χ4v) is 3.03. The summed E-state index contributed by atoms with van der Waals surface area (Å²) in [4.78, 5) is 11.1. The van der Waals surface area contributed by atoms with Gasteiger partial charge in [0.2, 0.25) is 0 Å². The van der Waals surface area contributed by atoms with Crippen LogP contribution in [0, 0.1) is 11.3 Å². The van der Waals surface area contributed by atoms with E-state index in [4.69, 9.17) is 14.6 Å². The van der Waals surface area contributed by atoms with Crippen LogP contribution in [-0.2, 0) is 9.47 Å². The fourth-order valence-electron chi connectivity index (χ4n) is 3.03. The molecule has 1 fully saturated rings. The Morgan fingerprint density at radius 2 is 2.29 bits per heavy atom. The maximum absolute atomic E-state index is 11.1. The summed E-state index contributed by atoms with van der Waals surface area (Å²) in [5, 5.41) is 19.6. The summed E-state index contributed by atoms with van der Waals surface area (Å²) >= 11 is 0. The summed E-state index contributed by atoms with van der Waals surface area (Å²) in [7, 11) is 1.57. The van der Waals surface area contributed by atoms with Crippen LogP contribution in [0.4, 0.5) is 4.79 Å². The highest BCUT2D eigenvalue weighted by molar-refractivity contribution is 5.90. The van der Waals surface area contributed by atoms with Crippen molar-refractivity contribution in [2.24, 2.45) is 11.3 Å². The molecule has 0 bridgehead atoms. The number of carbonyl (C=O) groups is 1. The van der Waals surface area contributed by atoms with Gasteiger partial charge in [0.15, 0.2) is 0 Å². The number of aromatic nitrogens is 1. The number of benzene rings is 1. The second-order valence-electron chi connectivity index (χ2n) is 6.23. The molecule has 2 atom stereocenters. The Bertz CT molecular complexity index is 766. The summed E-state index contributed by atoms with van der Waals surface area (Å²) in [6.07, 6.45) is 5.54. The van der Waals surface area contributed by atoms with Crippen molar-refractivity contribution in [3.63, 3.8) is 0 Å². The lowest BCUT2D eigenvalue weighted by Gasteiger charge is -2.12.